The van der Waals surface area contributed by atoms with Crippen LogP contribution in [-0.4, -0.2) is 24.8 Å². The lowest BCUT2D eigenvalue weighted by Crippen LogP contribution is -2.38. The highest BCUT2D eigenvalue weighted by Crippen LogP contribution is 2.59. The summed E-state index contributed by atoms with van der Waals surface area (Å²) in [5, 5.41) is 9.08. The fraction of sp³-hybridized carbons (Fsp3) is 0.250. The molecule has 0 N–H and O–H groups in total. The first-order chi connectivity index (χ1) is 14.2. The highest BCUT2D eigenvalue weighted by Gasteiger charge is 2.61. The number of nitrogens with zero attached hydrogens (tertiary/aromatic N) is 2. The summed E-state index contributed by atoms with van der Waals surface area (Å²) >= 11 is 0. The number of rotatable bonds is 2. The van der Waals surface area contributed by atoms with Crippen LogP contribution in [0.25, 0.3) is 10.8 Å². The monoisotopic (exact) mass is 384 g/mol. The Hall–Kier alpha value is -3.18. The summed E-state index contributed by atoms with van der Waals surface area (Å²) in [5.74, 6) is -0.518. The Kier molecular flexibility index (Phi) is 3.41. The molecule has 0 amide bonds. The van der Waals surface area contributed by atoms with Crippen LogP contribution in [0.5, 0.6) is 0 Å². The standard InChI is InChI=1S/C24H20N2O3/c1-13-7-9-16(10-8-13)26-21-19(20(25-26)24(27)28-2)22-17-11-14-5-3-4-6-15(14)12-18(17)23(21)29-22/h3-12,19,21-23H,1-2H3. The largest absolute Gasteiger partial charge is 0.464 e. The highest BCUT2D eigenvalue weighted by atomic mass is 16.5. The predicted octanol–water partition coefficient (Wildman–Crippen LogP) is 4.31. The number of anilines is 1. The van der Waals surface area contributed by atoms with E-state index in [0.29, 0.717) is 5.71 Å². The molecule has 1 fully saturated rings. The average Bonchev–Trinajstić information content (AvgIpc) is 3.42. The Bertz CT molecular complexity index is 1180. The number of hydrogen-bond acceptors (Lipinski definition) is 5. The first-order valence-corrected chi connectivity index (χ1v) is 9.86. The topological polar surface area (TPSA) is 51.1 Å². The zero-order chi connectivity index (χ0) is 19.7. The van der Waals surface area contributed by atoms with Crippen molar-refractivity contribution in [1.29, 1.82) is 0 Å². The molecule has 3 aliphatic heterocycles. The lowest BCUT2D eigenvalue weighted by molar-refractivity contribution is -0.133. The summed E-state index contributed by atoms with van der Waals surface area (Å²) in [6.07, 6.45) is -0.310. The molecule has 0 aliphatic carbocycles. The number of carbonyl (C=O) groups is 1. The number of fused-ring (bicyclic) bond motifs is 9. The van der Waals surface area contributed by atoms with Gasteiger partial charge in [-0.2, -0.15) is 5.10 Å². The van der Waals surface area contributed by atoms with Crippen molar-refractivity contribution < 1.29 is 14.3 Å². The second kappa shape index (κ2) is 5.91. The number of benzene rings is 3. The van der Waals surface area contributed by atoms with E-state index in [-0.39, 0.29) is 30.1 Å². The lowest BCUT2D eigenvalue weighted by Gasteiger charge is -2.30. The molecule has 5 heteroatoms. The maximum atomic E-state index is 12.6. The molecule has 29 heavy (non-hydrogen) atoms. The second-order valence-electron chi connectivity index (χ2n) is 7.98. The van der Waals surface area contributed by atoms with Crippen LogP contribution in [-0.2, 0) is 14.3 Å². The Labute approximate surface area is 168 Å². The Morgan fingerprint density at radius 1 is 1.00 bits per heavy atom. The molecule has 144 valence electrons. The molecule has 2 bridgehead atoms. The third kappa shape index (κ3) is 2.25. The minimum Gasteiger partial charge on any atom is -0.464 e. The number of esters is 1. The fourth-order valence-electron chi connectivity index (χ4n) is 5.03. The maximum absolute atomic E-state index is 12.6. The van der Waals surface area contributed by atoms with Gasteiger partial charge in [-0.1, -0.05) is 42.0 Å². The molecule has 0 spiro atoms. The van der Waals surface area contributed by atoms with Gasteiger partial charge in [0.25, 0.3) is 0 Å². The SMILES string of the molecule is COC(=O)C1=NN(c2ccc(C)cc2)C2C3OC(c4cc5ccccc5cc43)C12. The molecule has 4 unspecified atom stereocenters. The Morgan fingerprint density at radius 3 is 2.31 bits per heavy atom. The molecule has 4 atom stereocenters. The Balaban J connectivity index is 1.51. The van der Waals surface area contributed by atoms with E-state index in [0.717, 1.165) is 11.3 Å². The van der Waals surface area contributed by atoms with Crippen LogP contribution < -0.4 is 5.01 Å². The van der Waals surface area contributed by atoms with Crippen LogP contribution in [0.4, 0.5) is 5.69 Å². The van der Waals surface area contributed by atoms with Gasteiger partial charge in [-0.25, -0.2) is 4.79 Å². The van der Waals surface area contributed by atoms with Crippen molar-refractivity contribution in [2.45, 2.75) is 25.2 Å². The van der Waals surface area contributed by atoms with E-state index in [2.05, 4.69) is 49.4 Å². The minimum absolute atomic E-state index is 0.0505. The maximum Gasteiger partial charge on any atom is 0.354 e. The van der Waals surface area contributed by atoms with Gasteiger partial charge >= 0.3 is 5.97 Å². The van der Waals surface area contributed by atoms with Crippen molar-refractivity contribution in [3.05, 3.63) is 77.4 Å². The van der Waals surface area contributed by atoms with E-state index >= 15 is 0 Å². The van der Waals surface area contributed by atoms with Gasteiger partial charge in [-0.05, 0) is 53.1 Å². The van der Waals surface area contributed by atoms with Crippen LogP contribution in [0.2, 0.25) is 0 Å². The molecular weight excluding hydrogens is 364 g/mol. The number of aryl methyl sites for hydroxylation is 1. The van der Waals surface area contributed by atoms with Crippen LogP contribution >= 0.6 is 0 Å². The molecular formula is C24H20N2O3. The predicted molar refractivity (Wildman–Crippen MR) is 111 cm³/mol. The molecule has 3 heterocycles. The zero-order valence-electron chi connectivity index (χ0n) is 16.2. The summed E-state index contributed by atoms with van der Waals surface area (Å²) in [5.41, 5.74) is 4.96. The van der Waals surface area contributed by atoms with Crippen molar-refractivity contribution in [3.8, 4) is 0 Å². The molecule has 3 aliphatic rings. The molecule has 5 nitrogen and oxygen atoms in total. The zero-order valence-corrected chi connectivity index (χ0v) is 16.2. The summed E-state index contributed by atoms with van der Waals surface area (Å²) in [6.45, 7) is 2.06. The molecule has 0 radical (unpaired) electrons. The van der Waals surface area contributed by atoms with Crippen molar-refractivity contribution >= 4 is 28.1 Å². The van der Waals surface area contributed by atoms with Crippen LogP contribution in [0.3, 0.4) is 0 Å². The van der Waals surface area contributed by atoms with Crippen molar-refractivity contribution in [2.24, 2.45) is 11.0 Å². The van der Waals surface area contributed by atoms with Crippen molar-refractivity contribution in [2.75, 3.05) is 12.1 Å². The number of hydrazone groups is 1. The van der Waals surface area contributed by atoms with Crippen molar-refractivity contribution in [1.82, 2.24) is 0 Å². The number of carbonyl (C=O) groups excluding carboxylic acids is 1. The quantitative estimate of drug-likeness (QED) is 0.618. The Morgan fingerprint density at radius 2 is 1.66 bits per heavy atom. The molecule has 0 saturated carbocycles. The number of hydrogen-bond donors (Lipinski definition) is 0. The summed E-state index contributed by atoms with van der Waals surface area (Å²) in [6, 6.07) is 20.9. The van der Waals surface area contributed by atoms with Crippen molar-refractivity contribution in [3.63, 3.8) is 0 Å². The van der Waals surface area contributed by atoms with E-state index < -0.39 is 0 Å². The first-order valence-electron chi connectivity index (χ1n) is 9.86. The fourth-order valence-corrected chi connectivity index (χ4v) is 5.03. The third-order valence-electron chi connectivity index (χ3n) is 6.37. The van der Waals surface area contributed by atoms with Crippen LogP contribution in [0, 0.1) is 12.8 Å². The van der Waals surface area contributed by atoms with E-state index in [9.17, 15) is 4.79 Å². The van der Waals surface area contributed by atoms with Gasteiger partial charge in [0.2, 0.25) is 0 Å². The van der Waals surface area contributed by atoms with Gasteiger partial charge in [0.1, 0.15) is 6.10 Å². The van der Waals surface area contributed by atoms with E-state index in [1.807, 2.05) is 23.2 Å². The summed E-state index contributed by atoms with van der Waals surface area (Å²) < 4.78 is 11.5. The van der Waals surface area contributed by atoms with Gasteiger partial charge in [0, 0.05) is 0 Å². The molecule has 6 rings (SSSR count). The molecule has 3 aromatic carbocycles. The smallest absolute Gasteiger partial charge is 0.354 e. The first kappa shape index (κ1) is 16.7. The van der Waals surface area contributed by atoms with E-state index in [1.54, 1.807) is 0 Å². The van der Waals surface area contributed by atoms with E-state index in [4.69, 9.17) is 14.6 Å². The summed E-state index contributed by atoms with van der Waals surface area (Å²) in [4.78, 5) is 12.6. The van der Waals surface area contributed by atoms with Gasteiger partial charge < -0.3 is 9.47 Å². The van der Waals surface area contributed by atoms with E-state index in [1.165, 1.54) is 29.0 Å². The second-order valence-corrected chi connectivity index (χ2v) is 7.98. The number of methoxy groups -OCH3 is 1. The van der Waals surface area contributed by atoms with Gasteiger partial charge in [0.05, 0.1) is 30.9 Å². The highest BCUT2D eigenvalue weighted by molar-refractivity contribution is 6.38. The van der Waals surface area contributed by atoms with Crippen LogP contribution in [0.1, 0.15) is 28.9 Å². The van der Waals surface area contributed by atoms with Gasteiger partial charge in [-0.15, -0.1) is 0 Å². The van der Waals surface area contributed by atoms with Gasteiger partial charge in [-0.3, -0.25) is 5.01 Å². The lowest BCUT2D eigenvalue weighted by atomic mass is 9.77. The molecule has 3 aromatic rings. The summed E-state index contributed by atoms with van der Waals surface area (Å²) in [7, 11) is 1.41. The number of ether oxygens (including phenoxy) is 2. The van der Waals surface area contributed by atoms with Crippen LogP contribution in [0.15, 0.2) is 65.8 Å². The third-order valence-corrected chi connectivity index (χ3v) is 6.37. The van der Waals surface area contributed by atoms with Gasteiger partial charge in [0.15, 0.2) is 5.71 Å². The normalized spacial score (nSPS) is 26.4. The minimum atomic E-state index is -0.381. The molecule has 1 saturated heterocycles. The average molecular weight is 384 g/mol. The molecule has 0 aromatic heterocycles.